The molecule has 4 aliphatic rings. The van der Waals surface area contributed by atoms with E-state index < -0.39 is 11.2 Å². The zero-order chi connectivity index (χ0) is 62.7. The van der Waals surface area contributed by atoms with Gasteiger partial charge in [0.15, 0.2) is 0 Å². The molecule has 4 amide bonds. The van der Waals surface area contributed by atoms with Crippen LogP contribution in [-0.2, 0) is 38.7 Å². The number of aromatic nitrogens is 4. The molecule has 4 atom stereocenters. The number of benzene rings is 5. The molecule has 2 saturated carbocycles. The van der Waals surface area contributed by atoms with Gasteiger partial charge in [-0.05, 0) is 83.9 Å². The van der Waals surface area contributed by atoms with E-state index in [4.69, 9.17) is 18.9 Å². The maximum absolute atomic E-state index is 14.8. The number of ether oxygens (including phenoxy) is 4. The van der Waals surface area contributed by atoms with Crippen LogP contribution in [0.15, 0.2) is 161 Å². The Kier molecular flexibility index (Phi) is 65.9. The van der Waals surface area contributed by atoms with Crippen LogP contribution in [0.2, 0.25) is 0 Å². The van der Waals surface area contributed by atoms with Crippen LogP contribution in [-0.4, -0.2) is 435 Å². The number of carbonyl (C=O) groups is 4. The Bertz CT molecular complexity index is 3660. The number of hydrogen-bond acceptors (Lipinski definition) is 10. The second-order valence-electron chi connectivity index (χ2n) is 25.6. The molecule has 33 heteroatoms. The molecule has 1 N–H and O–H groups in total. The van der Waals surface area contributed by atoms with E-state index >= 15 is 0 Å². The molecule has 0 spiro atoms. The average Bonchev–Trinajstić information content (AvgIpc) is 1.60. The Morgan fingerprint density at radius 2 is 0.724 bits per heavy atom. The number of aromatic amines is 1. The molecule has 2 aliphatic carbocycles. The van der Waals surface area contributed by atoms with E-state index in [1.165, 1.54) is 0 Å². The van der Waals surface area contributed by atoms with Gasteiger partial charge in [-0.15, -0.1) is 0 Å². The first kappa shape index (κ1) is 119. The Morgan fingerprint density at radius 3 is 1.10 bits per heavy atom. The Morgan fingerprint density at radius 1 is 0.410 bits per heavy atom. The van der Waals surface area contributed by atoms with Crippen LogP contribution in [0.4, 0.5) is 9.59 Å². The van der Waals surface area contributed by atoms with Crippen LogP contribution in [0.1, 0.15) is 150 Å². The Balaban J connectivity index is -0.000000320. The minimum absolute atomic E-state index is 0. The van der Waals surface area contributed by atoms with E-state index in [2.05, 4.69) is 17.1 Å². The molecule has 2 aliphatic heterocycles. The van der Waals surface area contributed by atoms with Crippen molar-refractivity contribution in [3.63, 3.8) is 0 Å². The second-order valence-corrected chi connectivity index (χ2v) is 25.6. The van der Waals surface area contributed by atoms with Crippen molar-refractivity contribution in [3.8, 4) is 22.5 Å². The van der Waals surface area contributed by atoms with E-state index in [0.29, 0.717) is 82.7 Å². The fourth-order valence-electron chi connectivity index (χ4n) is 12.5. The predicted octanol–water partition coefficient (Wildman–Crippen LogP) is 2.37. The van der Waals surface area contributed by atoms with Gasteiger partial charge in [0, 0.05) is 63.5 Å². The predicted molar refractivity (Wildman–Crippen MR) is 459 cm³/mol. The van der Waals surface area contributed by atoms with E-state index in [0.717, 1.165) is 79.2 Å². The number of H-pyrrole nitrogens is 1. The second kappa shape index (κ2) is 58.0. The van der Waals surface area contributed by atoms with Gasteiger partial charge in [-0.2, -0.15) is 0 Å². The summed E-state index contributed by atoms with van der Waals surface area (Å²) in [6.45, 7) is 15.0. The van der Waals surface area contributed by atoms with E-state index in [-0.39, 0.29) is 376 Å². The molecule has 18 nitrogen and oxygen atoms in total. The van der Waals surface area contributed by atoms with E-state index in [1.54, 1.807) is 28.7 Å². The maximum atomic E-state index is 14.8. The first-order valence-corrected chi connectivity index (χ1v) is 31.6. The molecule has 540 valence electrons. The monoisotopic (exact) mass is 2280 g/mol. The molecule has 11 rings (SSSR count). The molecule has 105 heavy (non-hydrogen) atoms. The van der Waals surface area contributed by atoms with E-state index in [1.807, 2.05) is 186 Å². The summed E-state index contributed by atoms with van der Waals surface area (Å²) in [5, 5.41) is 0. The van der Waals surface area contributed by atoms with Gasteiger partial charge in [-0.3, -0.25) is 23.3 Å². The molecule has 4 heterocycles. The van der Waals surface area contributed by atoms with Crippen molar-refractivity contribution >= 4 is 321 Å². The Labute approximate surface area is 817 Å². The van der Waals surface area contributed by atoms with Crippen LogP contribution in [0.5, 0.6) is 0 Å². The first-order valence-electron chi connectivity index (χ1n) is 31.6. The summed E-state index contributed by atoms with van der Waals surface area (Å²) >= 11 is 0. The van der Waals surface area contributed by atoms with Gasteiger partial charge < -0.3 is 43.5 Å². The molecule has 28 radical (unpaired) electrons. The number of hydrogen-bond donors (Lipinski definition) is 1. The summed E-state index contributed by atoms with van der Waals surface area (Å²) in [7, 11) is 0. The quantitative estimate of drug-likeness (QED) is 0.159. The molecule has 4 fully saturated rings. The van der Waals surface area contributed by atoms with Crippen molar-refractivity contribution in [2.24, 2.45) is 0 Å². The van der Waals surface area contributed by atoms with Crippen LogP contribution in [0, 0.1) is 0 Å². The van der Waals surface area contributed by atoms with Crippen molar-refractivity contribution in [1.82, 2.24) is 38.3 Å². The molecule has 5 aromatic carbocycles. The zero-order valence-electron chi connectivity index (χ0n) is 63.6. The third kappa shape index (κ3) is 33.3. The summed E-state index contributed by atoms with van der Waals surface area (Å²) in [6, 6.07) is 48.9. The summed E-state index contributed by atoms with van der Waals surface area (Å²) in [5.41, 5.74) is 4.86. The van der Waals surface area contributed by atoms with Crippen LogP contribution in [0.25, 0.3) is 22.5 Å². The Hall–Kier alpha value is 1.07. The third-order valence-corrected chi connectivity index (χ3v) is 16.8. The minimum atomic E-state index is -0.604. The molecule has 7 aromatic rings. The number of carbonyl (C=O) groups excluding carboxylic acids is 4. The first-order chi connectivity index (χ1) is 42.9. The molecular formula is C72H107Ga15N8O10. The molecule has 2 aromatic heterocycles. The van der Waals surface area contributed by atoms with Crippen molar-refractivity contribution in [2.75, 3.05) is 52.4 Å². The van der Waals surface area contributed by atoms with E-state index in [9.17, 15) is 28.8 Å². The molecule has 2 saturated heterocycles. The normalized spacial score (nSPS) is 16.1. The number of piperazine rings is 2. The van der Waals surface area contributed by atoms with Gasteiger partial charge in [0.05, 0.1) is 55.4 Å². The summed E-state index contributed by atoms with van der Waals surface area (Å²) in [4.78, 5) is 92.1. The number of nitrogens with one attached hydrogen (secondary N) is 1. The summed E-state index contributed by atoms with van der Waals surface area (Å²) < 4.78 is 29.4. The van der Waals surface area contributed by atoms with Gasteiger partial charge in [-0.1, -0.05) is 185 Å². The van der Waals surface area contributed by atoms with Crippen LogP contribution < -0.4 is 11.4 Å². The molecule has 0 unspecified atom stereocenters. The van der Waals surface area contributed by atoms with Gasteiger partial charge in [0.1, 0.15) is 22.6 Å². The average molecular weight is 2290 g/mol. The molecule has 0 bridgehead atoms. The summed E-state index contributed by atoms with van der Waals surface area (Å²) in [5.74, 6) is -0.469. The van der Waals surface area contributed by atoms with Crippen molar-refractivity contribution in [3.05, 3.63) is 201 Å². The fourth-order valence-corrected chi connectivity index (χ4v) is 12.5. The number of nitrogens with zero attached hydrogens (tertiary/aromatic N) is 7. The third-order valence-electron chi connectivity index (χ3n) is 16.8. The van der Waals surface area contributed by atoms with Gasteiger partial charge in [0.25, 0.3) is 11.8 Å². The van der Waals surface area contributed by atoms with Gasteiger partial charge in [-0.25, -0.2) is 19.2 Å². The number of imidazole rings is 2. The standard InChI is InChI=1S/C39H46N4O5.C32H40N4O5.CH4.15Ga.17H/c1-39(2,3)48-38(46)41-25-23-40(24-26-41)36(44)35-34(31-19-11-6-12-20-31)43(37(45)42(35)27-29-15-7-4-8-16-29)32-21-13-14-22-33(32)47-28-30-17-9-5-10-18-30;1-32(2,3)41-31(39)35-20-18-34(19-21-35)29(37)27-28(24-14-8-5-9-15-24)36(30(38)33-27)25-16-10-11-17-26(25)40-22-23-12-6-4-7-13-23;;;;;;;;;;;;;;;;;;;;;;;;;;;;;;;;;/h4-12,15-20,32-33H,13-14,21-28H2,1-3H3;4-9,12-15,25-26H,10-11,16-22H2,1-3H3,(H,33,38);1H4;;;;;;;;;;;;;;;;;;;;;;;;;;;;;;;;/t32-,33-;25-,26-;;;;;;;;;;;;;;;;;;;;;;;;;;;;;;;;;/m11................................./s1. The SMILES string of the molecule is C.CC(C)(C)OC(=O)N1CCN(C(=O)c2[nH]c(=O)n([C@@H]3CCCC[C@H]3OCc3ccccc3)c2-c2ccccc2)CC1.CC(C)(C)OC(=O)N1CCN(C(=O)c2c(-c3ccccc3)n([C@@H]3CCCC[C@H]3OCc3ccccc3)c(=O)n2Cc2ccccc2)CC1.[GaH2].[GaH2].[GaH].[GaH].[GaH].[GaH].[GaH].[GaH].[GaH].[GaH].[GaH].[GaH].[GaH].[GaH].[GaH]. The summed E-state index contributed by atoms with van der Waals surface area (Å²) in [6.07, 6.45) is 6.14. The van der Waals surface area contributed by atoms with Gasteiger partial charge >= 0.3 is 320 Å². The number of rotatable bonds is 14. The topological polar surface area (TPSA) is 183 Å². The van der Waals surface area contributed by atoms with Crippen LogP contribution in [0.3, 0.4) is 0 Å². The van der Waals surface area contributed by atoms with Gasteiger partial charge in [0.2, 0.25) is 0 Å². The number of amides is 4. The zero-order valence-corrected chi connectivity index (χ0v) is 111. The fraction of sp³-hybridized carbons (Fsp3) is 0.444. The molecular weight excluding hydrogens is 2180 g/mol. The van der Waals surface area contributed by atoms with Crippen LogP contribution >= 0.6 is 0 Å². The van der Waals surface area contributed by atoms with Crippen molar-refractivity contribution < 1.29 is 38.1 Å². The van der Waals surface area contributed by atoms with Crippen molar-refractivity contribution in [2.45, 2.75) is 156 Å². The van der Waals surface area contributed by atoms with Crippen molar-refractivity contribution in [1.29, 1.82) is 0 Å².